The molecule has 0 bridgehead atoms. The Bertz CT molecular complexity index is 1120. The second-order valence-corrected chi connectivity index (χ2v) is 10.2. The van der Waals surface area contributed by atoms with Gasteiger partial charge >= 0.3 is 0 Å². The standard InChI is InChI=1S/C26H35N3O5S/c1-30-15-18-12-21(31-2)23(22(13-18)32-3)20-16-35-26-24(25(33-4)27-29(20)26)28(14-17-6-5-7-17)19-8-10-34-11-9-19/h12-13,16-17,19H,5-11,14-15H2,1-4H3. The maximum Gasteiger partial charge on any atom is 0.258 e. The van der Waals surface area contributed by atoms with Crippen LogP contribution in [0.1, 0.15) is 37.7 Å². The van der Waals surface area contributed by atoms with Crippen molar-refractivity contribution in [1.82, 2.24) is 9.61 Å². The molecule has 2 aromatic heterocycles. The summed E-state index contributed by atoms with van der Waals surface area (Å²) in [6, 6.07) is 4.42. The van der Waals surface area contributed by atoms with E-state index in [-0.39, 0.29) is 0 Å². The first-order valence-corrected chi connectivity index (χ1v) is 13.2. The average Bonchev–Trinajstić information content (AvgIpc) is 3.43. The van der Waals surface area contributed by atoms with E-state index in [4.69, 9.17) is 28.8 Å². The molecule has 0 spiro atoms. The van der Waals surface area contributed by atoms with E-state index >= 15 is 0 Å². The molecule has 1 saturated heterocycles. The molecule has 0 radical (unpaired) electrons. The van der Waals surface area contributed by atoms with E-state index in [1.165, 1.54) is 19.3 Å². The van der Waals surface area contributed by atoms with Crippen LogP contribution in [0.15, 0.2) is 17.5 Å². The highest BCUT2D eigenvalue weighted by Gasteiger charge is 2.33. The van der Waals surface area contributed by atoms with Crippen LogP contribution in [0.3, 0.4) is 0 Å². The van der Waals surface area contributed by atoms with Crippen molar-refractivity contribution < 1.29 is 23.7 Å². The van der Waals surface area contributed by atoms with Gasteiger partial charge in [0.15, 0.2) is 0 Å². The monoisotopic (exact) mass is 501 g/mol. The zero-order valence-electron chi connectivity index (χ0n) is 21.0. The summed E-state index contributed by atoms with van der Waals surface area (Å²) >= 11 is 1.68. The third-order valence-electron chi connectivity index (χ3n) is 7.22. The summed E-state index contributed by atoms with van der Waals surface area (Å²) in [6.45, 7) is 3.12. The minimum Gasteiger partial charge on any atom is -0.496 e. The number of fused-ring (bicyclic) bond motifs is 1. The molecule has 0 unspecified atom stereocenters. The van der Waals surface area contributed by atoms with E-state index in [9.17, 15) is 0 Å². The summed E-state index contributed by atoms with van der Waals surface area (Å²) in [6.07, 6.45) is 5.96. The summed E-state index contributed by atoms with van der Waals surface area (Å²) in [4.78, 5) is 3.64. The Labute approximate surface area is 210 Å². The predicted octanol–water partition coefficient (Wildman–Crippen LogP) is 5.02. The lowest BCUT2D eigenvalue weighted by Gasteiger charge is -2.40. The van der Waals surface area contributed by atoms with Gasteiger partial charge in [-0.05, 0) is 49.3 Å². The fourth-order valence-electron chi connectivity index (χ4n) is 5.20. The minimum absolute atomic E-state index is 0.425. The van der Waals surface area contributed by atoms with Crippen molar-refractivity contribution >= 4 is 21.9 Å². The summed E-state index contributed by atoms with van der Waals surface area (Å²) < 4.78 is 30.5. The van der Waals surface area contributed by atoms with Crippen LogP contribution in [0.2, 0.25) is 0 Å². The fourth-order valence-corrected chi connectivity index (χ4v) is 6.19. The van der Waals surface area contributed by atoms with Gasteiger partial charge < -0.3 is 28.6 Å². The quantitative estimate of drug-likeness (QED) is 0.386. The van der Waals surface area contributed by atoms with Gasteiger partial charge in [-0.2, -0.15) is 0 Å². The topological polar surface area (TPSA) is 66.7 Å². The molecule has 1 aromatic carbocycles. The third-order valence-corrected chi connectivity index (χ3v) is 8.15. The van der Waals surface area contributed by atoms with Gasteiger partial charge in [-0.15, -0.1) is 16.4 Å². The number of nitrogens with zero attached hydrogens (tertiary/aromatic N) is 3. The van der Waals surface area contributed by atoms with Crippen molar-refractivity contribution in [3.8, 4) is 28.6 Å². The lowest BCUT2D eigenvalue weighted by atomic mass is 9.84. The van der Waals surface area contributed by atoms with Crippen molar-refractivity contribution in [3.05, 3.63) is 23.1 Å². The van der Waals surface area contributed by atoms with Gasteiger partial charge in [0.25, 0.3) is 5.88 Å². The molecule has 35 heavy (non-hydrogen) atoms. The molecule has 1 saturated carbocycles. The van der Waals surface area contributed by atoms with Crippen molar-refractivity contribution in [1.29, 1.82) is 0 Å². The van der Waals surface area contributed by atoms with Gasteiger partial charge in [0.2, 0.25) is 0 Å². The highest BCUT2D eigenvalue weighted by molar-refractivity contribution is 7.16. The van der Waals surface area contributed by atoms with Crippen LogP contribution in [0.4, 0.5) is 5.69 Å². The molecule has 0 amide bonds. The Morgan fingerprint density at radius 2 is 1.74 bits per heavy atom. The number of ether oxygens (including phenoxy) is 5. The van der Waals surface area contributed by atoms with E-state index in [1.807, 2.05) is 16.6 Å². The molecular weight excluding hydrogens is 466 g/mol. The Hall–Kier alpha value is -2.49. The first kappa shape index (κ1) is 24.2. The number of benzene rings is 1. The van der Waals surface area contributed by atoms with E-state index in [0.29, 0.717) is 18.5 Å². The van der Waals surface area contributed by atoms with Crippen molar-refractivity contribution in [3.63, 3.8) is 0 Å². The van der Waals surface area contributed by atoms with E-state index in [0.717, 1.165) is 77.4 Å². The molecule has 1 aliphatic heterocycles. The van der Waals surface area contributed by atoms with Gasteiger partial charge in [-0.1, -0.05) is 6.42 Å². The normalized spacial score (nSPS) is 16.9. The lowest BCUT2D eigenvalue weighted by Crippen LogP contribution is -2.43. The average molecular weight is 502 g/mol. The van der Waals surface area contributed by atoms with Crippen LogP contribution in [-0.4, -0.2) is 63.9 Å². The van der Waals surface area contributed by atoms with Crippen molar-refractivity contribution in [2.24, 2.45) is 5.92 Å². The number of anilines is 1. The molecule has 0 N–H and O–H groups in total. The Balaban J connectivity index is 1.63. The highest BCUT2D eigenvalue weighted by atomic mass is 32.1. The largest absolute Gasteiger partial charge is 0.496 e. The number of aromatic nitrogens is 2. The number of hydrogen-bond donors (Lipinski definition) is 0. The summed E-state index contributed by atoms with van der Waals surface area (Å²) in [5.74, 6) is 2.84. The zero-order chi connectivity index (χ0) is 24.4. The minimum atomic E-state index is 0.425. The SMILES string of the molecule is COCc1cc(OC)c(-c2csc3c(N(CC4CCC4)C4CCOCC4)c(OC)nn23)c(OC)c1. The van der Waals surface area contributed by atoms with Crippen LogP contribution in [0, 0.1) is 5.92 Å². The van der Waals surface area contributed by atoms with Gasteiger partial charge in [0.05, 0.1) is 39.2 Å². The lowest BCUT2D eigenvalue weighted by molar-refractivity contribution is 0.0828. The maximum absolute atomic E-state index is 5.87. The molecule has 1 aliphatic carbocycles. The third kappa shape index (κ3) is 4.57. The van der Waals surface area contributed by atoms with Gasteiger partial charge in [0.1, 0.15) is 22.0 Å². The van der Waals surface area contributed by atoms with Gasteiger partial charge in [-0.3, -0.25) is 0 Å². The molecule has 2 fully saturated rings. The van der Waals surface area contributed by atoms with Crippen LogP contribution in [-0.2, 0) is 16.1 Å². The van der Waals surface area contributed by atoms with E-state index in [1.54, 1.807) is 39.8 Å². The molecule has 2 aliphatic rings. The van der Waals surface area contributed by atoms with Crippen LogP contribution < -0.4 is 19.1 Å². The van der Waals surface area contributed by atoms with E-state index < -0.39 is 0 Å². The summed E-state index contributed by atoms with van der Waals surface area (Å²) in [5.41, 5.74) is 3.87. The first-order chi connectivity index (χ1) is 17.2. The molecule has 9 heteroatoms. The molecule has 0 atom stereocenters. The molecule has 190 valence electrons. The van der Waals surface area contributed by atoms with Crippen LogP contribution in [0.25, 0.3) is 16.1 Å². The Kier molecular flexibility index (Phi) is 7.36. The second kappa shape index (κ2) is 10.6. The first-order valence-electron chi connectivity index (χ1n) is 12.3. The molecule has 3 aromatic rings. The molecule has 3 heterocycles. The second-order valence-electron chi connectivity index (χ2n) is 9.30. The number of hydrogen-bond acceptors (Lipinski definition) is 8. The van der Waals surface area contributed by atoms with Crippen LogP contribution in [0.5, 0.6) is 17.4 Å². The molecule has 5 rings (SSSR count). The highest BCUT2D eigenvalue weighted by Crippen LogP contribution is 2.46. The van der Waals surface area contributed by atoms with Crippen molar-refractivity contribution in [2.45, 2.75) is 44.8 Å². The Morgan fingerprint density at radius 1 is 1.03 bits per heavy atom. The van der Waals surface area contributed by atoms with Crippen molar-refractivity contribution in [2.75, 3.05) is 53.1 Å². The van der Waals surface area contributed by atoms with Gasteiger partial charge in [0, 0.05) is 38.3 Å². The van der Waals surface area contributed by atoms with E-state index in [2.05, 4.69) is 10.3 Å². The number of methoxy groups -OCH3 is 4. The Morgan fingerprint density at radius 3 is 2.31 bits per heavy atom. The molecule has 8 nitrogen and oxygen atoms in total. The summed E-state index contributed by atoms with van der Waals surface area (Å²) in [5, 5.41) is 7.07. The number of thiazole rings is 1. The molecular formula is C26H35N3O5S. The van der Waals surface area contributed by atoms with Crippen LogP contribution >= 0.6 is 11.3 Å². The summed E-state index contributed by atoms with van der Waals surface area (Å²) in [7, 11) is 6.75. The zero-order valence-corrected chi connectivity index (χ0v) is 21.9. The number of rotatable bonds is 10. The predicted molar refractivity (Wildman–Crippen MR) is 137 cm³/mol. The van der Waals surface area contributed by atoms with Gasteiger partial charge in [-0.25, -0.2) is 4.52 Å². The maximum atomic E-state index is 5.87. The fraction of sp³-hybridized carbons (Fsp3) is 0.577. The smallest absolute Gasteiger partial charge is 0.258 e.